The van der Waals surface area contributed by atoms with Crippen molar-refractivity contribution in [2.75, 3.05) is 32.1 Å². The first-order chi connectivity index (χ1) is 12.9. The maximum atomic E-state index is 12.5. The SMILES string of the molecule is CN(C)c1ccc(/C=C2\SC(=O)N(CCOc3ccc(Cl)cc3)C2=O)cc1. The number of carbonyl (C=O) groups excluding carboxylic acids is 2. The van der Waals surface area contributed by atoms with Crippen LogP contribution in [0.1, 0.15) is 5.56 Å². The van der Waals surface area contributed by atoms with Crippen molar-refractivity contribution in [3.63, 3.8) is 0 Å². The van der Waals surface area contributed by atoms with Crippen LogP contribution >= 0.6 is 23.4 Å². The van der Waals surface area contributed by atoms with Crippen molar-refractivity contribution in [1.82, 2.24) is 4.90 Å². The molecule has 0 bridgehead atoms. The summed E-state index contributed by atoms with van der Waals surface area (Å²) in [6, 6.07) is 14.7. The monoisotopic (exact) mass is 402 g/mol. The quantitative estimate of drug-likeness (QED) is 0.665. The van der Waals surface area contributed by atoms with Gasteiger partial charge in [-0.25, -0.2) is 0 Å². The van der Waals surface area contributed by atoms with E-state index in [2.05, 4.69) is 0 Å². The van der Waals surface area contributed by atoms with Gasteiger partial charge >= 0.3 is 0 Å². The number of imide groups is 1. The molecule has 5 nitrogen and oxygen atoms in total. The summed E-state index contributed by atoms with van der Waals surface area (Å²) < 4.78 is 5.57. The number of thioether (sulfide) groups is 1. The number of halogens is 1. The lowest BCUT2D eigenvalue weighted by atomic mass is 10.2. The zero-order chi connectivity index (χ0) is 19.4. The Labute approximate surface area is 167 Å². The van der Waals surface area contributed by atoms with Crippen LogP contribution in [-0.2, 0) is 4.79 Å². The molecular weight excluding hydrogens is 384 g/mol. The predicted molar refractivity (Wildman–Crippen MR) is 110 cm³/mol. The van der Waals surface area contributed by atoms with Gasteiger partial charge in [-0.05, 0) is 59.8 Å². The molecule has 2 aromatic carbocycles. The third kappa shape index (κ3) is 4.84. The number of hydrogen-bond donors (Lipinski definition) is 0. The molecule has 0 aromatic heterocycles. The Balaban J connectivity index is 1.61. The molecule has 0 unspecified atom stereocenters. The van der Waals surface area contributed by atoms with Gasteiger partial charge in [-0.1, -0.05) is 23.7 Å². The molecule has 1 aliphatic heterocycles. The molecule has 27 heavy (non-hydrogen) atoms. The standard InChI is InChI=1S/C20H19ClN2O3S/c1-22(2)16-7-3-14(4-8-16)13-18-19(24)23(20(25)27-18)11-12-26-17-9-5-15(21)6-10-17/h3-10,13H,11-12H2,1-2H3/b18-13-. The lowest BCUT2D eigenvalue weighted by molar-refractivity contribution is -0.123. The van der Waals surface area contributed by atoms with Gasteiger partial charge in [0.15, 0.2) is 0 Å². The van der Waals surface area contributed by atoms with Crippen LogP contribution in [0.5, 0.6) is 5.75 Å². The van der Waals surface area contributed by atoms with E-state index in [4.69, 9.17) is 16.3 Å². The highest BCUT2D eigenvalue weighted by molar-refractivity contribution is 8.18. The highest BCUT2D eigenvalue weighted by atomic mass is 35.5. The Hall–Kier alpha value is -2.44. The second-order valence-electron chi connectivity index (χ2n) is 6.12. The van der Waals surface area contributed by atoms with E-state index in [1.165, 1.54) is 4.90 Å². The van der Waals surface area contributed by atoms with Crippen LogP contribution in [0.2, 0.25) is 5.02 Å². The van der Waals surface area contributed by atoms with Crippen LogP contribution in [0.4, 0.5) is 10.5 Å². The molecule has 3 rings (SSSR count). The molecule has 2 aromatic rings. The van der Waals surface area contributed by atoms with Crippen molar-refractivity contribution >= 4 is 46.3 Å². The molecular formula is C20H19ClN2O3S. The Morgan fingerprint density at radius 3 is 2.37 bits per heavy atom. The number of ether oxygens (including phenoxy) is 1. The molecule has 1 fully saturated rings. The van der Waals surface area contributed by atoms with Gasteiger partial charge in [0.25, 0.3) is 11.1 Å². The third-order valence-electron chi connectivity index (χ3n) is 3.98. The second-order valence-corrected chi connectivity index (χ2v) is 7.55. The van der Waals surface area contributed by atoms with Crippen LogP contribution in [0.3, 0.4) is 0 Å². The van der Waals surface area contributed by atoms with Crippen molar-refractivity contribution in [3.8, 4) is 5.75 Å². The largest absolute Gasteiger partial charge is 0.492 e. The molecule has 7 heteroatoms. The van der Waals surface area contributed by atoms with Gasteiger partial charge in [-0.2, -0.15) is 0 Å². The van der Waals surface area contributed by atoms with Gasteiger partial charge in [-0.15, -0.1) is 0 Å². The first kappa shape index (κ1) is 19.3. The fourth-order valence-corrected chi connectivity index (χ4v) is 3.49. The summed E-state index contributed by atoms with van der Waals surface area (Å²) in [7, 11) is 3.93. The number of anilines is 1. The van der Waals surface area contributed by atoms with E-state index < -0.39 is 0 Å². The minimum Gasteiger partial charge on any atom is -0.492 e. The fourth-order valence-electron chi connectivity index (χ4n) is 2.50. The Morgan fingerprint density at radius 1 is 1.07 bits per heavy atom. The molecule has 140 valence electrons. The lowest BCUT2D eigenvalue weighted by Crippen LogP contribution is -2.32. The molecule has 1 aliphatic rings. The maximum Gasteiger partial charge on any atom is 0.293 e. The Bertz CT molecular complexity index is 864. The molecule has 0 spiro atoms. The molecule has 1 saturated heterocycles. The number of benzene rings is 2. The summed E-state index contributed by atoms with van der Waals surface area (Å²) in [4.78, 5) is 28.3. The number of nitrogens with zero attached hydrogens (tertiary/aromatic N) is 2. The zero-order valence-electron chi connectivity index (χ0n) is 15.0. The topological polar surface area (TPSA) is 49.9 Å². The van der Waals surface area contributed by atoms with Crippen LogP contribution < -0.4 is 9.64 Å². The fraction of sp³-hybridized carbons (Fsp3) is 0.200. The van der Waals surface area contributed by atoms with Crippen LogP contribution in [-0.4, -0.2) is 43.3 Å². The average molecular weight is 403 g/mol. The van der Waals surface area contributed by atoms with Gasteiger partial charge < -0.3 is 9.64 Å². The van der Waals surface area contributed by atoms with Crippen molar-refractivity contribution < 1.29 is 14.3 Å². The van der Waals surface area contributed by atoms with Gasteiger partial charge in [0.2, 0.25) is 0 Å². The van der Waals surface area contributed by atoms with Crippen molar-refractivity contribution in [2.24, 2.45) is 0 Å². The van der Waals surface area contributed by atoms with Crippen LogP contribution in [0.25, 0.3) is 6.08 Å². The number of carbonyl (C=O) groups is 2. The number of rotatable bonds is 6. The molecule has 0 atom stereocenters. The summed E-state index contributed by atoms with van der Waals surface area (Å²) in [6.07, 6.45) is 1.74. The number of amides is 2. The average Bonchev–Trinajstić information content (AvgIpc) is 2.91. The normalized spacial score (nSPS) is 15.5. The second kappa shape index (κ2) is 8.50. The van der Waals surface area contributed by atoms with E-state index in [-0.39, 0.29) is 24.3 Å². The maximum absolute atomic E-state index is 12.5. The predicted octanol–water partition coefficient (Wildman–Crippen LogP) is 4.52. The summed E-state index contributed by atoms with van der Waals surface area (Å²) in [5, 5.41) is 0.341. The van der Waals surface area contributed by atoms with Crippen LogP contribution in [0.15, 0.2) is 53.4 Å². The smallest absolute Gasteiger partial charge is 0.293 e. The molecule has 0 aliphatic carbocycles. The van der Waals surface area contributed by atoms with E-state index in [0.717, 1.165) is 23.0 Å². The summed E-state index contributed by atoms with van der Waals surface area (Å²) in [5.41, 5.74) is 1.95. The Kier molecular flexibility index (Phi) is 6.08. The minimum atomic E-state index is -0.290. The highest BCUT2D eigenvalue weighted by Gasteiger charge is 2.34. The highest BCUT2D eigenvalue weighted by Crippen LogP contribution is 2.32. The van der Waals surface area contributed by atoms with Gasteiger partial charge in [-0.3, -0.25) is 14.5 Å². The molecule has 1 heterocycles. The van der Waals surface area contributed by atoms with E-state index in [0.29, 0.717) is 15.7 Å². The number of hydrogen-bond acceptors (Lipinski definition) is 5. The minimum absolute atomic E-state index is 0.199. The van der Waals surface area contributed by atoms with Gasteiger partial charge in [0, 0.05) is 24.8 Å². The first-order valence-electron chi connectivity index (χ1n) is 8.35. The van der Waals surface area contributed by atoms with E-state index in [1.807, 2.05) is 43.3 Å². The van der Waals surface area contributed by atoms with Crippen molar-refractivity contribution in [3.05, 3.63) is 64.0 Å². The molecule has 0 radical (unpaired) electrons. The van der Waals surface area contributed by atoms with Gasteiger partial charge in [0.05, 0.1) is 11.4 Å². The summed E-state index contributed by atoms with van der Waals surface area (Å²) >= 11 is 6.78. The summed E-state index contributed by atoms with van der Waals surface area (Å²) in [5.74, 6) is 0.351. The summed E-state index contributed by atoms with van der Waals surface area (Å²) in [6.45, 7) is 0.425. The Morgan fingerprint density at radius 2 is 1.74 bits per heavy atom. The zero-order valence-corrected chi connectivity index (χ0v) is 16.6. The van der Waals surface area contributed by atoms with Crippen LogP contribution in [0, 0.1) is 0 Å². The van der Waals surface area contributed by atoms with E-state index >= 15 is 0 Å². The third-order valence-corrected chi connectivity index (χ3v) is 5.14. The molecule has 2 amide bonds. The molecule has 0 N–H and O–H groups in total. The van der Waals surface area contributed by atoms with Gasteiger partial charge in [0.1, 0.15) is 12.4 Å². The first-order valence-corrected chi connectivity index (χ1v) is 9.54. The van der Waals surface area contributed by atoms with E-state index in [9.17, 15) is 9.59 Å². The van der Waals surface area contributed by atoms with Crippen molar-refractivity contribution in [2.45, 2.75) is 0 Å². The van der Waals surface area contributed by atoms with Crippen molar-refractivity contribution in [1.29, 1.82) is 0 Å². The lowest BCUT2D eigenvalue weighted by Gasteiger charge is -2.13. The van der Waals surface area contributed by atoms with E-state index in [1.54, 1.807) is 30.3 Å². The molecule has 0 saturated carbocycles.